The van der Waals surface area contributed by atoms with Crippen molar-refractivity contribution >= 4 is 34.8 Å². The van der Waals surface area contributed by atoms with Crippen LogP contribution < -0.4 is 14.5 Å². The molecular formula is C37H41N3O7. The highest BCUT2D eigenvalue weighted by Crippen LogP contribution is 2.58. The van der Waals surface area contributed by atoms with Gasteiger partial charge in [-0.15, -0.1) is 0 Å². The number of anilines is 3. The van der Waals surface area contributed by atoms with E-state index in [9.17, 15) is 24.6 Å². The molecule has 7 rings (SSSR count). The first kappa shape index (κ1) is 31.4. The Labute approximate surface area is 274 Å². The molecule has 5 atom stereocenters. The zero-order valence-corrected chi connectivity index (χ0v) is 27.0. The molecule has 10 heteroatoms. The molecule has 0 aliphatic carbocycles. The maximum atomic E-state index is 14.7. The van der Waals surface area contributed by atoms with Crippen LogP contribution in [0.25, 0.3) is 0 Å². The lowest BCUT2D eigenvalue weighted by Crippen LogP contribution is -2.46. The number of hydrogen-bond donors (Lipinski definition) is 2. The monoisotopic (exact) mass is 639 g/mol. The van der Waals surface area contributed by atoms with E-state index in [1.165, 1.54) is 0 Å². The van der Waals surface area contributed by atoms with Crippen molar-refractivity contribution in [3.63, 3.8) is 0 Å². The van der Waals surface area contributed by atoms with Crippen LogP contribution in [-0.4, -0.2) is 70.3 Å². The number of nitrogens with zero attached hydrogens (tertiary/aromatic N) is 3. The first-order valence-electron chi connectivity index (χ1n) is 16.4. The lowest BCUT2D eigenvalue weighted by Gasteiger charge is -2.34. The molecule has 2 fully saturated rings. The van der Waals surface area contributed by atoms with Gasteiger partial charge in [0.25, 0.3) is 11.8 Å². The van der Waals surface area contributed by atoms with E-state index in [1.807, 2.05) is 79.7 Å². The Morgan fingerprint density at radius 3 is 2.43 bits per heavy atom. The van der Waals surface area contributed by atoms with Gasteiger partial charge in [-0.2, -0.15) is 0 Å². The summed E-state index contributed by atoms with van der Waals surface area (Å²) in [7, 11) is 0. The van der Waals surface area contributed by atoms with E-state index in [0.29, 0.717) is 23.7 Å². The molecule has 2 N–H and O–H groups in total. The maximum Gasteiger partial charge on any atom is 0.269 e. The van der Waals surface area contributed by atoms with Crippen molar-refractivity contribution in [1.29, 1.82) is 0 Å². The van der Waals surface area contributed by atoms with Gasteiger partial charge in [-0.25, -0.2) is 0 Å². The van der Waals surface area contributed by atoms with Crippen LogP contribution in [0.3, 0.4) is 0 Å². The number of amides is 3. The SMILES string of the molecule is C[C@H]1[C@H](C(C)(C)O)[C@@H](CC(=O)N2CCC[C@H]2CO)O[C@]12C(=O)N(Cc1ccc(N3C(=O)COc4ccccc43)cc1)c1ccccc12. The van der Waals surface area contributed by atoms with Gasteiger partial charge in [0.1, 0.15) is 5.75 Å². The molecule has 0 aromatic heterocycles. The Bertz CT molecular complexity index is 1700. The van der Waals surface area contributed by atoms with Crippen LogP contribution in [-0.2, 0) is 31.3 Å². The van der Waals surface area contributed by atoms with Gasteiger partial charge < -0.3 is 29.5 Å². The van der Waals surface area contributed by atoms with Crippen LogP contribution in [0, 0.1) is 11.8 Å². The fraction of sp³-hybridized carbons (Fsp3) is 0.432. The number of aliphatic hydroxyl groups is 2. The predicted molar refractivity (Wildman–Crippen MR) is 175 cm³/mol. The topological polar surface area (TPSA) is 120 Å². The normalized spacial score (nSPS) is 27.0. The van der Waals surface area contributed by atoms with E-state index in [0.717, 1.165) is 29.7 Å². The summed E-state index contributed by atoms with van der Waals surface area (Å²) in [4.78, 5) is 46.2. The lowest BCUT2D eigenvalue weighted by atomic mass is 9.71. The largest absolute Gasteiger partial charge is 0.482 e. The van der Waals surface area contributed by atoms with Crippen molar-refractivity contribution in [3.8, 4) is 5.75 Å². The van der Waals surface area contributed by atoms with Crippen molar-refractivity contribution in [1.82, 2.24) is 4.90 Å². The van der Waals surface area contributed by atoms with E-state index in [-0.39, 0.29) is 49.9 Å². The molecule has 3 aromatic rings. The number of aliphatic hydroxyl groups excluding tert-OH is 1. The third-order valence-corrected chi connectivity index (χ3v) is 10.4. The lowest BCUT2D eigenvalue weighted by molar-refractivity contribution is -0.150. The minimum absolute atomic E-state index is 0.0115. The van der Waals surface area contributed by atoms with Crippen molar-refractivity contribution in [2.75, 3.05) is 29.6 Å². The molecule has 0 radical (unpaired) electrons. The molecular weight excluding hydrogens is 598 g/mol. The van der Waals surface area contributed by atoms with Gasteiger partial charge in [-0.3, -0.25) is 19.3 Å². The first-order chi connectivity index (χ1) is 22.5. The summed E-state index contributed by atoms with van der Waals surface area (Å²) >= 11 is 0. The standard InChI is InChI=1S/C37H41N3O7/c1-23-34(36(2,3)45)31(19-32(42)38-18-8-9-26(38)21-41)47-37(23)27-10-4-5-11-28(27)39(35(37)44)20-24-14-16-25(17-15-24)40-29-12-6-7-13-30(29)46-22-33(40)43/h4-7,10-17,23,26,31,34,41,45H,8-9,18-22H2,1-3H3/t23-,26-,31+,34-,37+/m0/s1. The Hall–Kier alpha value is -4.25. The third-order valence-electron chi connectivity index (χ3n) is 10.4. The van der Waals surface area contributed by atoms with Crippen LogP contribution in [0.1, 0.15) is 51.2 Å². The summed E-state index contributed by atoms with van der Waals surface area (Å²) in [5.74, 6) is -0.842. The van der Waals surface area contributed by atoms with Gasteiger partial charge in [0, 0.05) is 29.6 Å². The van der Waals surface area contributed by atoms with E-state index < -0.39 is 29.1 Å². The number of para-hydroxylation sites is 3. The second-order valence-corrected chi connectivity index (χ2v) is 13.7. The summed E-state index contributed by atoms with van der Waals surface area (Å²) < 4.78 is 12.4. The number of rotatable bonds is 7. The summed E-state index contributed by atoms with van der Waals surface area (Å²) in [6.45, 7) is 6.06. The van der Waals surface area contributed by atoms with Gasteiger partial charge in [0.15, 0.2) is 12.2 Å². The number of benzene rings is 3. The minimum Gasteiger partial charge on any atom is -0.482 e. The zero-order valence-electron chi connectivity index (χ0n) is 27.0. The number of likely N-dealkylation sites (tertiary alicyclic amines) is 1. The average molecular weight is 640 g/mol. The fourth-order valence-corrected chi connectivity index (χ4v) is 8.35. The molecule has 47 heavy (non-hydrogen) atoms. The number of hydrogen-bond acceptors (Lipinski definition) is 7. The zero-order chi connectivity index (χ0) is 33.1. The molecule has 3 aromatic carbocycles. The van der Waals surface area contributed by atoms with Gasteiger partial charge in [-0.05, 0) is 62.6 Å². The average Bonchev–Trinajstić information content (AvgIpc) is 3.72. The second-order valence-electron chi connectivity index (χ2n) is 13.7. The van der Waals surface area contributed by atoms with Crippen molar-refractivity contribution in [3.05, 3.63) is 83.9 Å². The second kappa shape index (κ2) is 11.8. The Balaban J connectivity index is 1.18. The highest BCUT2D eigenvalue weighted by molar-refractivity contribution is 6.08. The molecule has 1 spiro atoms. The minimum atomic E-state index is -1.38. The van der Waals surface area contributed by atoms with E-state index in [2.05, 4.69) is 0 Å². The summed E-state index contributed by atoms with van der Waals surface area (Å²) in [5.41, 5.74) is 1.09. The first-order valence-corrected chi connectivity index (χ1v) is 16.4. The van der Waals surface area contributed by atoms with Crippen LogP contribution in [0.4, 0.5) is 17.1 Å². The maximum absolute atomic E-state index is 14.7. The molecule has 2 saturated heterocycles. The third kappa shape index (κ3) is 5.10. The summed E-state index contributed by atoms with van der Waals surface area (Å²) in [5, 5.41) is 21.2. The van der Waals surface area contributed by atoms with Crippen molar-refractivity contribution in [2.45, 2.75) is 69.9 Å². The molecule has 4 heterocycles. The Kier molecular flexibility index (Phi) is 7.85. The van der Waals surface area contributed by atoms with E-state index in [4.69, 9.17) is 9.47 Å². The van der Waals surface area contributed by atoms with Gasteiger partial charge in [0.2, 0.25) is 5.91 Å². The summed E-state index contributed by atoms with van der Waals surface area (Å²) in [6.07, 6.45) is 0.885. The molecule has 0 unspecified atom stereocenters. The number of ether oxygens (including phenoxy) is 2. The highest BCUT2D eigenvalue weighted by atomic mass is 16.5. The molecule has 0 bridgehead atoms. The predicted octanol–water partition coefficient (Wildman–Crippen LogP) is 4.28. The number of fused-ring (bicyclic) bond motifs is 3. The molecule has 4 aliphatic rings. The van der Waals surface area contributed by atoms with E-state index in [1.54, 1.807) is 28.5 Å². The molecule has 10 nitrogen and oxygen atoms in total. The van der Waals surface area contributed by atoms with Crippen LogP contribution >= 0.6 is 0 Å². The Morgan fingerprint density at radius 2 is 1.70 bits per heavy atom. The van der Waals surface area contributed by atoms with Crippen LogP contribution in [0.15, 0.2) is 72.8 Å². The highest BCUT2D eigenvalue weighted by Gasteiger charge is 2.66. The number of carbonyl (C=O) groups excluding carboxylic acids is 3. The van der Waals surface area contributed by atoms with Crippen molar-refractivity contribution in [2.24, 2.45) is 11.8 Å². The fourth-order valence-electron chi connectivity index (χ4n) is 8.35. The Morgan fingerprint density at radius 1 is 1.00 bits per heavy atom. The molecule has 4 aliphatic heterocycles. The van der Waals surface area contributed by atoms with Crippen molar-refractivity contribution < 1.29 is 34.1 Å². The molecule has 0 saturated carbocycles. The smallest absolute Gasteiger partial charge is 0.269 e. The van der Waals surface area contributed by atoms with Gasteiger partial charge in [-0.1, -0.05) is 49.4 Å². The van der Waals surface area contributed by atoms with Gasteiger partial charge >= 0.3 is 0 Å². The molecule has 3 amide bonds. The molecule has 246 valence electrons. The summed E-state index contributed by atoms with van der Waals surface area (Å²) in [6, 6.07) is 22.3. The van der Waals surface area contributed by atoms with Crippen LogP contribution in [0.2, 0.25) is 0 Å². The van der Waals surface area contributed by atoms with E-state index >= 15 is 0 Å². The van der Waals surface area contributed by atoms with Crippen LogP contribution in [0.5, 0.6) is 5.75 Å². The van der Waals surface area contributed by atoms with Gasteiger partial charge in [0.05, 0.1) is 48.7 Å². The quantitative estimate of drug-likeness (QED) is 0.396. The number of carbonyl (C=O) groups is 3.